The second kappa shape index (κ2) is 8.87. The summed E-state index contributed by atoms with van der Waals surface area (Å²) in [6.45, 7) is 0. The van der Waals surface area contributed by atoms with Crippen molar-refractivity contribution >= 4 is 33.5 Å². The maximum absolute atomic E-state index is 12.7. The Labute approximate surface area is 179 Å². The fourth-order valence-electron chi connectivity index (χ4n) is 3.91. The SMILES string of the molecule is COc1cc(-c2cnc3snc(NC(=O)C4CCCCC4)c3c2)cc(OC)c1OC. The van der Waals surface area contributed by atoms with E-state index in [0.717, 1.165) is 47.0 Å². The van der Waals surface area contributed by atoms with Crippen LogP contribution in [0.3, 0.4) is 0 Å². The van der Waals surface area contributed by atoms with Crippen molar-refractivity contribution in [1.29, 1.82) is 0 Å². The zero-order valence-electron chi connectivity index (χ0n) is 17.4. The number of hydrogen-bond acceptors (Lipinski definition) is 7. The van der Waals surface area contributed by atoms with Gasteiger partial charge in [0.25, 0.3) is 0 Å². The third kappa shape index (κ3) is 3.92. The van der Waals surface area contributed by atoms with Gasteiger partial charge in [0.05, 0.1) is 26.7 Å². The lowest BCUT2D eigenvalue weighted by Gasteiger charge is -2.20. The average molecular weight is 428 g/mol. The molecule has 0 saturated heterocycles. The van der Waals surface area contributed by atoms with Crippen molar-refractivity contribution < 1.29 is 19.0 Å². The van der Waals surface area contributed by atoms with Crippen LogP contribution in [-0.4, -0.2) is 36.6 Å². The molecule has 0 bridgehead atoms. The number of ether oxygens (including phenoxy) is 3. The van der Waals surface area contributed by atoms with E-state index in [1.807, 2.05) is 18.2 Å². The fraction of sp³-hybridized carbons (Fsp3) is 0.409. The van der Waals surface area contributed by atoms with Crippen LogP contribution in [0.4, 0.5) is 5.82 Å². The minimum atomic E-state index is 0.0556. The zero-order chi connectivity index (χ0) is 21.1. The molecule has 0 aliphatic heterocycles. The van der Waals surface area contributed by atoms with Crippen LogP contribution in [0.15, 0.2) is 24.4 Å². The van der Waals surface area contributed by atoms with Crippen LogP contribution in [0.1, 0.15) is 32.1 Å². The first-order valence-corrected chi connectivity index (χ1v) is 10.8. The van der Waals surface area contributed by atoms with Crippen LogP contribution in [-0.2, 0) is 4.79 Å². The lowest BCUT2D eigenvalue weighted by Crippen LogP contribution is -2.24. The van der Waals surface area contributed by atoms with E-state index in [-0.39, 0.29) is 11.8 Å². The van der Waals surface area contributed by atoms with Crippen molar-refractivity contribution in [2.75, 3.05) is 26.6 Å². The number of carbonyl (C=O) groups is 1. The van der Waals surface area contributed by atoms with Crippen LogP contribution in [0.25, 0.3) is 21.3 Å². The van der Waals surface area contributed by atoms with Crippen molar-refractivity contribution in [1.82, 2.24) is 9.36 Å². The Morgan fingerprint density at radius 3 is 2.33 bits per heavy atom. The molecule has 8 heteroatoms. The minimum absolute atomic E-state index is 0.0556. The molecule has 1 saturated carbocycles. The first kappa shape index (κ1) is 20.4. The molecule has 158 valence electrons. The van der Waals surface area contributed by atoms with Crippen LogP contribution >= 0.6 is 11.5 Å². The molecule has 1 fully saturated rings. The topological polar surface area (TPSA) is 82.6 Å². The van der Waals surface area contributed by atoms with Crippen molar-refractivity contribution in [2.24, 2.45) is 5.92 Å². The summed E-state index contributed by atoms with van der Waals surface area (Å²) in [4.78, 5) is 18.0. The maximum Gasteiger partial charge on any atom is 0.228 e. The van der Waals surface area contributed by atoms with Gasteiger partial charge in [-0.1, -0.05) is 19.3 Å². The van der Waals surface area contributed by atoms with Crippen LogP contribution < -0.4 is 19.5 Å². The van der Waals surface area contributed by atoms with Crippen LogP contribution in [0.2, 0.25) is 0 Å². The number of hydrogen-bond donors (Lipinski definition) is 1. The van der Waals surface area contributed by atoms with E-state index in [2.05, 4.69) is 14.7 Å². The van der Waals surface area contributed by atoms with Gasteiger partial charge < -0.3 is 19.5 Å². The number of amides is 1. The Hall–Kier alpha value is -2.87. The van der Waals surface area contributed by atoms with E-state index in [4.69, 9.17) is 14.2 Å². The molecule has 3 aromatic rings. The first-order valence-electron chi connectivity index (χ1n) is 10.0. The van der Waals surface area contributed by atoms with E-state index in [1.54, 1.807) is 27.5 Å². The average Bonchev–Trinajstić information content (AvgIpc) is 3.20. The highest BCUT2D eigenvalue weighted by Crippen LogP contribution is 2.42. The molecule has 1 aliphatic carbocycles. The third-order valence-corrected chi connectivity index (χ3v) is 6.32. The summed E-state index contributed by atoms with van der Waals surface area (Å²) in [5.41, 5.74) is 1.74. The van der Waals surface area contributed by atoms with E-state index in [1.165, 1.54) is 18.0 Å². The molecule has 2 heterocycles. The van der Waals surface area contributed by atoms with Crippen molar-refractivity contribution in [2.45, 2.75) is 32.1 Å². The molecule has 2 aromatic heterocycles. The Morgan fingerprint density at radius 1 is 1.00 bits per heavy atom. The highest BCUT2D eigenvalue weighted by molar-refractivity contribution is 7.13. The van der Waals surface area contributed by atoms with Gasteiger partial charge in [-0.15, -0.1) is 0 Å². The zero-order valence-corrected chi connectivity index (χ0v) is 18.2. The highest BCUT2D eigenvalue weighted by Gasteiger charge is 2.23. The Balaban J connectivity index is 1.68. The lowest BCUT2D eigenvalue weighted by molar-refractivity contribution is -0.120. The van der Waals surface area contributed by atoms with Gasteiger partial charge in [-0.2, -0.15) is 4.37 Å². The molecule has 7 nitrogen and oxygen atoms in total. The quantitative estimate of drug-likeness (QED) is 0.602. The lowest BCUT2D eigenvalue weighted by atomic mass is 9.89. The number of carbonyl (C=O) groups excluding carboxylic acids is 1. The molecule has 0 unspecified atom stereocenters. The minimum Gasteiger partial charge on any atom is -0.493 e. The maximum atomic E-state index is 12.7. The largest absolute Gasteiger partial charge is 0.493 e. The van der Waals surface area contributed by atoms with Gasteiger partial charge in [0.2, 0.25) is 11.7 Å². The summed E-state index contributed by atoms with van der Waals surface area (Å²) in [5.74, 6) is 2.38. The molecule has 0 radical (unpaired) electrons. The summed E-state index contributed by atoms with van der Waals surface area (Å²) < 4.78 is 20.8. The first-order chi connectivity index (χ1) is 14.6. The number of rotatable bonds is 6. The summed E-state index contributed by atoms with van der Waals surface area (Å²) in [6, 6.07) is 5.75. The summed E-state index contributed by atoms with van der Waals surface area (Å²) in [5, 5.41) is 3.86. The Morgan fingerprint density at radius 2 is 1.70 bits per heavy atom. The second-order valence-electron chi connectivity index (χ2n) is 7.35. The van der Waals surface area contributed by atoms with E-state index in [0.29, 0.717) is 23.1 Å². The van der Waals surface area contributed by atoms with Gasteiger partial charge >= 0.3 is 0 Å². The molecule has 1 amide bonds. The van der Waals surface area contributed by atoms with Crippen molar-refractivity contribution in [3.05, 3.63) is 24.4 Å². The number of fused-ring (bicyclic) bond motifs is 1. The van der Waals surface area contributed by atoms with Gasteiger partial charge in [-0.05, 0) is 48.1 Å². The number of methoxy groups -OCH3 is 3. The second-order valence-corrected chi connectivity index (χ2v) is 8.10. The molecular formula is C22H25N3O4S. The number of aromatic nitrogens is 2. The van der Waals surface area contributed by atoms with Crippen LogP contribution in [0, 0.1) is 5.92 Å². The highest BCUT2D eigenvalue weighted by atomic mass is 32.1. The predicted molar refractivity (Wildman–Crippen MR) is 118 cm³/mol. The van der Waals surface area contributed by atoms with E-state index >= 15 is 0 Å². The molecule has 4 rings (SSSR count). The Kier molecular flexibility index (Phi) is 6.03. The predicted octanol–water partition coefficient (Wildman–Crippen LogP) is 4.90. The standard InChI is InChI=1S/C22H25N3O4S/c1-27-17-10-14(11-18(28-2)19(17)29-3)15-9-16-20(25-30-22(16)23-12-15)24-21(26)13-7-5-4-6-8-13/h9-13H,4-8H2,1-3H3,(H,24,25,26). The summed E-state index contributed by atoms with van der Waals surface area (Å²) >= 11 is 1.28. The van der Waals surface area contributed by atoms with E-state index in [9.17, 15) is 4.79 Å². The molecule has 0 spiro atoms. The van der Waals surface area contributed by atoms with Crippen molar-refractivity contribution in [3.8, 4) is 28.4 Å². The molecule has 30 heavy (non-hydrogen) atoms. The van der Waals surface area contributed by atoms with Gasteiger partial charge in [0.1, 0.15) is 4.83 Å². The Bertz CT molecular complexity index is 1030. The smallest absolute Gasteiger partial charge is 0.228 e. The molecule has 1 aromatic carbocycles. The summed E-state index contributed by atoms with van der Waals surface area (Å²) in [6.07, 6.45) is 7.12. The number of benzene rings is 1. The monoisotopic (exact) mass is 427 g/mol. The number of nitrogens with zero attached hydrogens (tertiary/aromatic N) is 2. The van der Waals surface area contributed by atoms with Gasteiger partial charge in [0, 0.05) is 17.7 Å². The fourth-order valence-corrected chi connectivity index (χ4v) is 4.59. The van der Waals surface area contributed by atoms with Gasteiger partial charge in [-0.25, -0.2) is 4.98 Å². The summed E-state index contributed by atoms with van der Waals surface area (Å²) in [7, 11) is 4.75. The van der Waals surface area contributed by atoms with E-state index < -0.39 is 0 Å². The third-order valence-electron chi connectivity index (χ3n) is 5.55. The number of pyridine rings is 1. The normalized spacial score (nSPS) is 14.5. The van der Waals surface area contributed by atoms with Crippen molar-refractivity contribution in [3.63, 3.8) is 0 Å². The molecular weight excluding hydrogens is 402 g/mol. The molecule has 1 aliphatic rings. The van der Waals surface area contributed by atoms with Gasteiger partial charge in [0.15, 0.2) is 17.3 Å². The number of anilines is 1. The van der Waals surface area contributed by atoms with Crippen LogP contribution in [0.5, 0.6) is 17.2 Å². The molecule has 0 atom stereocenters. The molecule has 1 N–H and O–H groups in total. The van der Waals surface area contributed by atoms with Gasteiger partial charge in [-0.3, -0.25) is 4.79 Å². The number of nitrogens with one attached hydrogen (secondary N) is 1.